The maximum absolute atomic E-state index is 3.17. The van der Waals surface area contributed by atoms with Crippen LogP contribution in [-0.2, 0) is 6.42 Å². The van der Waals surface area contributed by atoms with Crippen LogP contribution in [0.15, 0.2) is 29.2 Å². The smallest absolute Gasteiger partial charge is 0.00952 e. The van der Waals surface area contributed by atoms with Gasteiger partial charge in [0.15, 0.2) is 0 Å². The van der Waals surface area contributed by atoms with Gasteiger partial charge in [0.25, 0.3) is 0 Å². The monoisotopic (exact) mass is 207 g/mol. The highest BCUT2D eigenvalue weighted by molar-refractivity contribution is 8.00. The lowest BCUT2D eigenvalue weighted by atomic mass is 10.1. The van der Waals surface area contributed by atoms with E-state index in [1.165, 1.54) is 23.3 Å². The van der Waals surface area contributed by atoms with Crippen LogP contribution in [0.1, 0.15) is 18.4 Å². The van der Waals surface area contributed by atoms with Gasteiger partial charge >= 0.3 is 0 Å². The zero-order valence-corrected chi connectivity index (χ0v) is 9.44. The molecule has 0 radical (unpaired) electrons. The van der Waals surface area contributed by atoms with E-state index in [0.717, 1.165) is 18.2 Å². The molecule has 2 heteroatoms. The average Bonchev–Trinajstić information content (AvgIpc) is 3.01. The van der Waals surface area contributed by atoms with Crippen molar-refractivity contribution in [2.75, 3.05) is 13.6 Å². The quantitative estimate of drug-likeness (QED) is 0.796. The lowest BCUT2D eigenvalue weighted by Gasteiger charge is -2.02. The first-order valence-corrected chi connectivity index (χ1v) is 6.16. The molecule has 0 aliphatic heterocycles. The third-order valence-electron chi connectivity index (χ3n) is 2.41. The zero-order chi connectivity index (χ0) is 9.80. The number of benzene rings is 1. The SMILES string of the molecule is CNCCc1ccc(SC2CC2)cc1. The van der Waals surface area contributed by atoms with Crippen LogP contribution in [0.5, 0.6) is 0 Å². The summed E-state index contributed by atoms with van der Waals surface area (Å²) in [6, 6.07) is 9.02. The topological polar surface area (TPSA) is 12.0 Å². The Morgan fingerprint density at radius 3 is 2.57 bits per heavy atom. The lowest BCUT2D eigenvalue weighted by Crippen LogP contribution is -2.10. The van der Waals surface area contributed by atoms with Gasteiger partial charge in [-0.05, 0) is 50.6 Å². The second-order valence-corrected chi connectivity index (χ2v) is 5.19. The standard InChI is InChI=1S/C12H17NS/c1-13-9-8-10-2-4-11(5-3-10)14-12-6-7-12/h2-5,12-13H,6-9H2,1H3. The summed E-state index contributed by atoms with van der Waals surface area (Å²) in [4.78, 5) is 1.43. The van der Waals surface area contributed by atoms with Gasteiger partial charge in [-0.15, -0.1) is 11.8 Å². The second kappa shape index (κ2) is 4.85. The fraction of sp³-hybridized carbons (Fsp3) is 0.500. The molecule has 0 aromatic heterocycles. The molecule has 1 aliphatic carbocycles. The van der Waals surface area contributed by atoms with E-state index in [-0.39, 0.29) is 0 Å². The van der Waals surface area contributed by atoms with Crippen LogP contribution in [0, 0.1) is 0 Å². The molecule has 1 aliphatic rings. The van der Waals surface area contributed by atoms with Crippen LogP contribution in [0.3, 0.4) is 0 Å². The number of rotatable bonds is 5. The van der Waals surface area contributed by atoms with Crippen LogP contribution < -0.4 is 5.32 Å². The highest BCUT2D eigenvalue weighted by atomic mass is 32.2. The first-order valence-electron chi connectivity index (χ1n) is 5.28. The van der Waals surface area contributed by atoms with Gasteiger partial charge < -0.3 is 5.32 Å². The first-order chi connectivity index (χ1) is 6.88. The van der Waals surface area contributed by atoms with E-state index in [9.17, 15) is 0 Å². The molecule has 1 nitrogen and oxygen atoms in total. The molecule has 14 heavy (non-hydrogen) atoms. The molecule has 1 N–H and O–H groups in total. The highest BCUT2D eigenvalue weighted by Gasteiger charge is 2.22. The fourth-order valence-corrected chi connectivity index (χ4v) is 2.43. The van der Waals surface area contributed by atoms with Crippen LogP contribution in [0.25, 0.3) is 0 Å². The Bertz CT molecular complexity index is 277. The van der Waals surface area contributed by atoms with Crippen molar-refractivity contribution in [3.05, 3.63) is 29.8 Å². The molecule has 76 valence electrons. The summed E-state index contributed by atoms with van der Waals surface area (Å²) in [5, 5.41) is 4.08. The minimum absolute atomic E-state index is 0.915. The maximum atomic E-state index is 3.17. The molecule has 0 atom stereocenters. The van der Waals surface area contributed by atoms with Gasteiger partial charge in [0.2, 0.25) is 0 Å². The third kappa shape index (κ3) is 3.03. The third-order valence-corrected chi connectivity index (χ3v) is 3.76. The van der Waals surface area contributed by atoms with E-state index in [1.807, 2.05) is 18.8 Å². The van der Waals surface area contributed by atoms with Crippen molar-refractivity contribution in [1.82, 2.24) is 5.32 Å². The van der Waals surface area contributed by atoms with Gasteiger partial charge in [-0.25, -0.2) is 0 Å². The molecule has 0 saturated heterocycles. The van der Waals surface area contributed by atoms with Crippen LogP contribution in [-0.4, -0.2) is 18.8 Å². The molecule has 0 unspecified atom stereocenters. The number of hydrogen-bond acceptors (Lipinski definition) is 2. The van der Waals surface area contributed by atoms with Crippen molar-refractivity contribution in [3.8, 4) is 0 Å². The molecule has 2 rings (SSSR count). The average molecular weight is 207 g/mol. The van der Waals surface area contributed by atoms with Crippen molar-refractivity contribution in [1.29, 1.82) is 0 Å². The van der Waals surface area contributed by atoms with Crippen LogP contribution >= 0.6 is 11.8 Å². The molecular weight excluding hydrogens is 190 g/mol. The number of hydrogen-bond donors (Lipinski definition) is 1. The highest BCUT2D eigenvalue weighted by Crippen LogP contribution is 2.38. The Morgan fingerprint density at radius 2 is 2.00 bits per heavy atom. The molecule has 1 aromatic carbocycles. The van der Waals surface area contributed by atoms with Crippen molar-refractivity contribution in [2.24, 2.45) is 0 Å². The molecule has 1 aromatic rings. The Morgan fingerprint density at radius 1 is 1.29 bits per heavy atom. The Kier molecular flexibility index (Phi) is 3.49. The Balaban J connectivity index is 1.88. The van der Waals surface area contributed by atoms with E-state index >= 15 is 0 Å². The maximum Gasteiger partial charge on any atom is 0.00952 e. The van der Waals surface area contributed by atoms with Crippen LogP contribution in [0.4, 0.5) is 0 Å². The Labute approximate surface area is 90.3 Å². The number of thioether (sulfide) groups is 1. The summed E-state index contributed by atoms with van der Waals surface area (Å²) in [6.45, 7) is 1.06. The molecule has 0 heterocycles. The largest absolute Gasteiger partial charge is 0.319 e. The number of nitrogens with one attached hydrogen (secondary N) is 1. The van der Waals surface area contributed by atoms with E-state index in [4.69, 9.17) is 0 Å². The lowest BCUT2D eigenvalue weighted by molar-refractivity contribution is 0.791. The summed E-state index contributed by atoms with van der Waals surface area (Å²) in [5.41, 5.74) is 1.43. The van der Waals surface area contributed by atoms with Gasteiger partial charge in [0, 0.05) is 10.1 Å². The van der Waals surface area contributed by atoms with Crippen molar-refractivity contribution in [2.45, 2.75) is 29.4 Å². The minimum atomic E-state index is 0.915. The van der Waals surface area contributed by atoms with Gasteiger partial charge in [-0.2, -0.15) is 0 Å². The summed E-state index contributed by atoms with van der Waals surface area (Å²) in [5.74, 6) is 0. The normalized spacial score (nSPS) is 15.8. The Hall–Kier alpha value is -0.470. The molecule has 1 fully saturated rings. The molecule has 0 spiro atoms. The first kappa shape index (κ1) is 10.1. The van der Waals surface area contributed by atoms with E-state index < -0.39 is 0 Å². The van der Waals surface area contributed by atoms with Gasteiger partial charge in [-0.3, -0.25) is 0 Å². The summed E-state index contributed by atoms with van der Waals surface area (Å²) in [6.07, 6.45) is 3.95. The van der Waals surface area contributed by atoms with Crippen molar-refractivity contribution >= 4 is 11.8 Å². The van der Waals surface area contributed by atoms with Crippen molar-refractivity contribution < 1.29 is 0 Å². The molecule has 0 amide bonds. The van der Waals surface area contributed by atoms with E-state index in [1.54, 1.807) is 0 Å². The second-order valence-electron chi connectivity index (χ2n) is 3.81. The van der Waals surface area contributed by atoms with Gasteiger partial charge in [-0.1, -0.05) is 12.1 Å². The van der Waals surface area contributed by atoms with Crippen molar-refractivity contribution in [3.63, 3.8) is 0 Å². The number of likely N-dealkylation sites (N-methyl/N-ethyl adjacent to an activating group) is 1. The van der Waals surface area contributed by atoms with E-state index in [2.05, 4.69) is 29.6 Å². The zero-order valence-electron chi connectivity index (χ0n) is 8.62. The van der Waals surface area contributed by atoms with Crippen LogP contribution in [0.2, 0.25) is 0 Å². The summed E-state index contributed by atoms with van der Waals surface area (Å²) < 4.78 is 0. The summed E-state index contributed by atoms with van der Waals surface area (Å²) >= 11 is 2.03. The predicted octanol–water partition coefficient (Wildman–Crippen LogP) is 2.70. The van der Waals surface area contributed by atoms with E-state index in [0.29, 0.717) is 0 Å². The minimum Gasteiger partial charge on any atom is -0.319 e. The fourth-order valence-electron chi connectivity index (χ4n) is 1.38. The predicted molar refractivity (Wildman–Crippen MR) is 63.0 cm³/mol. The summed E-state index contributed by atoms with van der Waals surface area (Å²) in [7, 11) is 2.00. The van der Waals surface area contributed by atoms with Gasteiger partial charge in [0.05, 0.1) is 0 Å². The van der Waals surface area contributed by atoms with Gasteiger partial charge in [0.1, 0.15) is 0 Å². The molecular formula is C12H17NS. The molecule has 0 bridgehead atoms. The molecule has 1 saturated carbocycles.